The first-order valence-electron chi connectivity index (χ1n) is 7.05. The summed E-state index contributed by atoms with van der Waals surface area (Å²) >= 11 is 0. The molecule has 1 N–H and O–H groups in total. The lowest BCUT2D eigenvalue weighted by Gasteiger charge is -2.06. The van der Waals surface area contributed by atoms with Crippen LogP contribution in [0.4, 0.5) is 0 Å². The number of ether oxygens (including phenoxy) is 1. The molecule has 0 aliphatic carbocycles. The summed E-state index contributed by atoms with van der Waals surface area (Å²) in [5.41, 5.74) is 2.39. The molecule has 0 unspecified atom stereocenters. The summed E-state index contributed by atoms with van der Waals surface area (Å²) in [6.07, 6.45) is 0. The van der Waals surface area contributed by atoms with Crippen LogP contribution in [0.1, 0.15) is 36.5 Å². The Kier molecular flexibility index (Phi) is 4.85. The Hall–Kier alpha value is -1.74. The average Bonchev–Trinajstić information content (AvgIpc) is 2.75. The third-order valence-electron chi connectivity index (χ3n) is 3.14. The Morgan fingerprint density at radius 3 is 2.70 bits per heavy atom. The van der Waals surface area contributed by atoms with Crippen molar-refractivity contribution < 1.29 is 9.15 Å². The number of hydrogen-bond acceptors (Lipinski definition) is 3. The van der Waals surface area contributed by atoms with E-state index in [1.54, 1.807) is 0 Å². The van der Waals surface area contributed by atoms with Gasteiger partial charge in [0.2, 0.25) is 0 Å². The highest BCUT2D eigenvalue weighted by Gasteiger charge is 2.08. The molecule has 108 valence electrons. The summed E-state index contributed by atoms with van der Waals surface area (Å²) in [4.78, 5) is 0. The molecule has 1 aromatic heterocycles. The topological polar surface area (TPSA) is 34.4 Å². The number of nitrogens with one attached hydrogen (secondary N) is 1. The molecule has 0 aliphatic rings. The maximum atomic E-state index is 5.75. The fraction of sp³-hybridized carbons (Fsp3) is 0.412. The second-order valence-electron chi connectivity index (χ2n) is 5.43. The fourth-order valence-corrected chi connectivity index (χ4v) is 2.01. The molecule has 3 nitrogen and oxygen atoms in total. The standard InChI is InChI=1S/C17H23NO2/c1-12(2)18-10-15-9-17(20-14(15)4)11-19-16-7-5-6-13(3)8-16/h5-9,12,18H,10-11H2,1-4H3. The summed E-state index contributed by atoms with van der Waals surface area (Å²) in [6, 6.07) is 10.6. The predicted octanol–water partition coefficient (Wildman–Crippen LogP) is 3.97. The molecule has 0 atom stereocenters. The van der Waals surface area contributed by atoms with Gasteiger partial charge in [-0.15, -0.1) is 0 Å². The lowest BCUT2D eigenvalue weighted by molar-refractivity contribution is 0.267. The number of rotatable bonds is 6. The van der Waals surface area contributed by atoms with Crippen molar-refractivity contribution in [1.29, 1.82) is 0 Å². The van der Waals surface area contributed by atoms with Crippen molar-refractivity contribution in [2.75, 3.05) is 0 Å². The van der Waals surface area contributed by atoms with E-state index in [2.05, 4.69) is 38.2 Å². The molecule has 0 amide bonds. The van der Waals surface area contributed by atoms with Crippen LogP contribution in [0, 0.1) is 13.8 Å². The monoisotopic (exact) mass is 273 g/mol. The van der Waals surface area contributed by atoms with E-state index in [-0.39, 0.29) is 0 Å². The first-order chi connectivity index (χ1) is 9.54. The third-order valence-corrected chi connectivity index (χ3v) is 3.14. The molecular formula is C17H23NO2. The minimum absolute atomic E-state index is 0.464. The molecule has 0 bridgehead atoms. The first-order valence-corrected chi connectivity index (χ1v) is 7.05. The van der Waals surface area contributed by atoms with Crippen molar-refractivity contribution in [3.8, 4) is 5.75 Å². The Bertz CT molecular complexity index is 558. The summed E-state index contributed by atoms with van der Waals surface area (Å²) < 4.78 is 11.5. The van der Waals surface area contributed by atoms with Gasteiger partial charge in [0.25, 0.3) is 0 Å². The average molecular weight is 273 g/mol. The molecule has 1 heterocycles. The number of benzene rings is 1. The quantitative estimate of drug-likeness (QED) is 0.864. The largest absolute Gasteiger partial charge is 0.486 e. The van der Waals surface area contributed by atoms with Crippen molar-refractivity contribution in [1.82, 2.24) is 5.32 Å². The van der Waals surface area contributed by atoms with E-state index >= 15 is 0 Å². The SMILES string of the molecule is Cc1cccc(OCc2cc(CNC(C)C)c(C)o2)c1. The van der Waals surface area contributed by atoms with Gasteiger partial charge in [0.05, 0.1) is 0 Å². The maximum absolute atomic E-state index is 5.75. The van der Waals surface area contributed by atoms with Gasteiger partial charge in [-0.05, 0) is 37.6 Å². The Morgan fingerprint density at radius 1 is 1.20 bits per heavy atom. The van der Waals surface area contributed by atoms with E-state index in [0.29, 0.717) is 12.6 Å². The van der Waals surface area contributed by atoms with Crippen LogP contribution in [0.5, 0.6) is 5.75 Å². The Labute approximate surface area is 121 Å². The number of furan rings is 1. The highest BCUT2D eigenvalue weighted by molar-refractivity contribution is 5.28. The van der Waals surface area contributed by atoms with Crippen LogP contribution in [0.25, 0.3) is 0 Å². The molecule has 0 fully saturated rings. The molecule has 0 spiro atoms. The van der Waals surface area contributed by atoms with Crippen molar-refractivity contribution in [2.24, 2.45) is 0 Å². The van der Waals surface area contributed by atoms with E-state index in [9.17, 15) is 0 Å². The van der Waals surface area contributed by atoms with Gasteiger partial charge in [-0.25, -0.2) is 0 Å². The molecule has 0 radical (unpaired) electrons. The van der Waals surface area contributed by atoms with E-state index in [4.69, 9.17) is 9.15 Å². The van der Waals surface area contributed by atoms with Gasteiger partial charge < -0.3 is 14.5 Å². The van der Waals surface area contributed by atoms with Gasteiger partial charge in [-0.3, -0.25) is 0 Å². The van der Waals surface area contributed by atoms with Crippen LogP contribution in [-0.4, -0.2) is 6.04 Å². The highest BCUT2D eigenvalue weighted by atomic mass is 16.5. The molecule has 3 heteroatoms. The summed E-state index contributed by atoms with van der Waals surface area (Å²) in [7, 11) is 0. The fourth-order valence-electron chi connectivity index (χ4n) is 2.01. The molecular weight excluding hydrogens is 250 g/mol. The second-order valence-corrected chi connectivity index (χ2v) is 5.43. The summed E-state index contributed by atoms with van der Waals surface area (Å²) in [5, 5.41) is 3.40. The first kappa shape index (κ1) is 14.7. The normalized spacial score (nSPS) is 11.1. The van der Waals surface area contributed by atoms with Crippen LogP contribution < -0.4 is 10.1 Å². The van der Waals surface area contributed by atoms with Crippen LogP contribution in [-0.2, 0) is 13.2 Å². The van der Waals surface area contributed by atoms with Crippen LogP contribution >= 0.6 is 0 Å². The summed E-state index contributed by atoms with van der Waals surface area (Å²) in [5.74, 6) is 2.70. The van der Waals surface area contributed by atoms with Gasteiger partial charge in [0.15, 0.2) is 0 Å². The van der Waals surface area contributed by atoms with Gasteiger partial charge in [-0.2, -0.15) is 0 Å². The van der Waals surface area contributed by atoms with Crippen LogP contribution in [0.15, 0.2) is 34.7 Å². The van der Waals surface area contributed by atoms with Crippen molar-refractivity contribution in [3.05, 3.63) is 53.0 Å². The molecule has 20 heavy (non-hydrogen) atoms. The van der Waals surface area contributed by atoms with Crippen molar-refractivity contribution in [3.63, 3.8) is 0 Å². The van der Waals surface area contributed by atoms with Gasteiger partial charge >= 0.3 is 0 Å². The minimum atomic E-state index is 0.464. The Morgan fingerprint density at radius 2 is 2.00 bits per heavy atom. The van der Waals surface area contributed by atoms with Gasteiger partial charge in [0.1, 0.15) is 23.9 Å². The maximum Gasteiger partial charge on any atom is 0.146 e. The van der Waals surface area contributed by atoms with E-state index in [1.807, 2.05) is 25.1 Å². The van der Waals surface area contributed by atoms with Crippen molar-refractivity contribution in [2.45, 2.75) is 46.9 Å². The minimum Gasteiger partial charge on any atom is -0.486 e. The smallest absolute Gasteiger partial charge is 0.146 e. The van der Waals surface area contributed by atoms with Crippen LogP contribution in [0.3, 0.4) is 0 Å². The Balaban J connectivity index is 1.95. The van der Waals surface area contributed by atoms with Gasteiger partial charge in [-0.1, -0.05) is 26.0 Å². The van der Waals surface area contributed by atoms with E-state index < -0.39 is 0 Å². The molecule has 1 aromatic carbocycles. The number of hydrogen-bond donors (Lipinski definition) is 1. The molecule has 2 aromatic rings. The lowest BCUT2D eigenvalue weighted by atomic mass is 10.2. The van der Waals surface area contributed by atoms with E-state index in [0.717, 1.165) is 23.8 Å². The van der Waals surface area contributed by atoms with Crippen molar-refractivity contribution >= 4 is 0 Å². The highest BCUT2D eigenvalue weighted by Crippen LogP contribution is 2.18. The van der Waals surface area contributed by atoms with E-state index in [1.165, 1.54) is 11.1 Å². The second kappa shape index (κ2) is 6.62. The summed E-state index contributed by atoms with van der Waals surface area (Å²) in [6.45, 7) is 9.62. The van der Waals surface area contributed by atoms with Crippen LogP contribution in [0.2, 0.25) is 0 Å². The zero-order chi connectivity index (χ0) is 14.5. The van der Waals surface area contributed by atoms with Gasteiger partial charge in [0, 0.05) is 18.2 Å². The zero-order valence-corrected chi connectivity index (χ0v) is 12.7. The lowest BCUT2D eigenvalue weighted by Crippen LogP contribution is -2.21. The third kappa shape index (κ3) is 4.14. The zero-order valence-electron chi connectivity index (χ0n) is 12.7. The molecule has 2 rings (SSSR count). The molecule has 0 aliphatic heterocycles. The molecule has 0 saturated heterocycles. The predicted molar refractivity (Wildman–Crippen MR) is 80.9 cm³/mol. The molecule has 0 saturated carbocycles. The number of aryl methyl sites for hydroxylation is 2.